The van der Waals surface area contributed by atoms with Crippen molar-refractivity contribution in [2.24, 2.45) is 0 Å². The Morgan fingerprint density at radius 2 is 2.00 bits per heavy atom. The predicted octanol–water partition coefficient (Wildman–Crippen LogP) is 3.32. The Morgan fingerprint density at radius 1 is 1.30 bits per heavy atom. The SMILES string of the molecule is CCOC(=O)c1cnn(-c2ccc(NC(=O)N3CCO[C@@H](C)C3)cc2)c1C(F)(F)F. The van der Waals surface area contributed by atoms with Crippen LogP contribution in [-0.2, 0) is 15.7 Å². The van der Waals surface area contributed by atoms with E-state index in [1.165, 1.54) is 31.2 Å². The van der Waals surface area contributed by atoms with Crippen LogP contribution in [-0.4, -0.2) is 59.1 Å². The first-order valence-electron chi connectivity index (χ1n) is 9.31. The summed E-state index contributed by atoms with van der Waals surface area (Å²) in [5.41, 5.74) is -1.40. The standard InChI is InChI=1S/C19H21F3N4O4/c1-3-29-17(27)15-10-23-26(16(15)19(20,21)22)14-6-4-13(5-7-14)24-18(28)25-8-9-30-12(2)11-25/h4-7,10,12H,3,8-9,11H2,1-2H3,(H,24,28)/t12-/m0/s1. The summed E-state index contributed by atoms with van der Waals surface area (Å²) in [6.45, 7) is 4.64. The molecule has 30 heavy (non-hydrogen) atoms. The fourth-order valence-electron chi connectivity index (χ4n) is 3.07. The van der Waals surface area contributed by atoms with Gasteiger partial charge in [0.25, 0.3) is 0 Å². The molecule has 1 N–H and O–H groups in total. The third-order valence-electron chi connectivity index (χ3n) is 4.42. The summed E-state index contributed by atoms with van der Waals surface area (Å²) < 4.78 is 51.4. The number of benzene rings is 1. The number of amides is 2. The lowest BCUT2D eigenvalue weighted by atomic mass is 10.2. The number of anilines is 1. The first kappa shape index (κ1) is 21.6. The van der Waals surface area contributed by atoms with Crippen molar-refractivity contribution in [1.29, 1.82) is 0 Å². The summed E-state index contributed by atoms with van der Waals surface area (Å²) in [6.07, 6.45) is -4.06. The average molecular weight is 426 g/mol. The third-order valence-corrected chi connectivity index (χ3v) is 4.42. The van der Waals surface area contributed by atoms with E-state index in [0.29, 0.717) is 30.1 Å². The molecule has 1 aliphatic rings. The van der Waals surface area contributed by atoms with Crippen molar-refractivity contribution >= 4 is 17.7 Å². The number of carbonyl (C=O) groups excluding carboxylic acids is 2. The number of nitrogens with one attached hydrogen (secondary N) is 1. The van der Waals surface area contributed by atoms with Crippen LogP contribution >= 0.6 is 0 Å². The minimum Gasteiger partial charge on any atom is -0.462 e. The molecule has 3 rings (SSSR count). The van der Waals surface area contributed by atoms with E-state index in [2.05, 4.69) is 15.2 Å². The Kier molecular flexibility index (Phi) is 6.30. The van der Waals surface area contributed by atoms with Crippen LogP contribution in [0.2, 0.25) is 0 Å². The van der Waals surface area contributed by atoms with Crippen LogP contribution in [0.25, 0.3) is 5.69 Å². The van der Waals surface area contributed by atoms with Gasteiger partial charge in [-0.15, -0.1) is 0 Å². The van der Waals surface area contributed by atoms with Crippen molar-refractivity contribution in [3.8, 4) is 5.69 Å². The zero-order chi connectivity index (χ0) is 21.9. The number of hydrogen-bond acceptors (Lipinski definition) is 5. The molecule has 1 saturated heterocycles. The molecule has 1 atom stereocenters. The number of morpholine rings is 1. The van der Waals surface area contributed by atoms with Gasteiger partial charge in [0.15, 0.2) is 5.69 Å². The van der Waals surface area contributed by atoms with Crippen LogP contribution < -0.4 is 5.32 Å². The number of esters is 1. The van der Waals surface area contributed by atoms with Crippen molar-refractivity contribution in [3.05, 3.63) is 41.7 Å². The average Bonchev–Trinajstić information content (AvgIpc) is 3.14. The summed E-state index contributed by atoms with van der Waals surface area (Å²) >= 11 is 0. The van der Waals surface area contributed by atoms with E-state index in [1.54, 1.807) is 4.90 Å². The fourth-order valence-corrected chi connectivity index (χ4v) is 3.07. The molecule has 1 aromatic heterocycles. The monoisotopic (exact) mass is 426 g/mol. The van der Waals surface area contributed by atoms with Crippen molar-refractivity contribution in [2.75, 3.05) is 31.6 Å². The highest BCUT2D eigenvalue weighted by Crippen LogP contribution is 2.34. The van der Waals surface area contributed by atoms with Gasteiger partial charge in [0, 0.05) is 18.8 Å². The second-order valence-corrected chi connectivity index (χ2v) is 6.64. The van der Waals surface area contributed by atoms with Gasteiger partial charge in [-0.2, -0.15) is 18.3 Å². The van der Waals surface area contributed by atoms with Crippen molar-refractivity contribution < 1.29 is 32.2 Å². The highest BCUT2D eigenvalue weighted by Gasteiger charge is 2.41. The number of carbonyl (C=O) groups is 2. The molecule has 162 valence electrons. The first-order valence-corrected chi connectivity index (χ1v) is 9.31. The number of hydrogen-bond donors (Lipinski definition) is 1. The van der Waals surface area contributed by atoms with Crippen LogP contribution in [0.3, 0.4) is 0 Å². The van der Waals surface area contributed by atoms with E-state index in [9.17, 15) is 22.8 Å². The second kappa shape index (κ2) is 8.74. The maximum absolute atomic E-state index is 13.6. The molecule has 0 bridgehead atoms. The zero-order valence-electron chi connectivity index (χ0n) is 16.4. The summed E-state index contributed by atoms with van der Waals surface area (Å²) in [7, 11) is 0. The molecule has 1 fully saturated rings. The van der Waals surface area contributed by atoms with Gasteiger partial charge in [-0.25, -0.2) is 14.3 Å². The van der Waals surface area contributed by atoms with E-state index >= 15 is 0 Å². The Morgan fingerprint density at radius 3 is 2.60 bits per heavy atom. The Hall–Kier alpha value is -3.08. The molecule has 2 amide bonds. The molecule has 0 radical (unpaired) electrons. The molecule has 2 aromatic rings. The van der Waals surface area contributed by atoms with Gasteiger partial charge in [-0.05, 0) is 38.1 Å². The topological polar surface area (TPSA) is 85.7 Å². The normalized spacial score (nSPS) is 17.0. The molecule has 8 nitrogen and oxygen atoms in total. The Balaban J connectivity index is 1.81. The Bertz CT molecular complexity index is 911. The maximum atomic E-state index is 13.6. The second-order valence-electron chi connectivity index (χ2n) is 6.64. The van der Waals surface area contributed by atoms with Gasteiger partial charge in [0.1, 0.15) is 5.56 Å². The Labute approximate surface area is 170 Å². The molecular formula is C19H21F3N4O4. The van der Waals surface area contributed by atoms with Crippen LogP contribution in [0, 0.1) is 0 Å². The smallest absolute Gasteiger partial charge is 0.434 e. The van der Waals surface area contributed by atoms with Gasteiger partial charge >= 0.3 is 18.2 Å². The van der Waals surface area contributed by atoms with E-state index in [-0.39, 0.29) is 24.4 Å². The number of alkyl halides is 3. The lowest BCUT2D eigenvalue weighted by Gasteiger charge is -2.31. The predicted molar refractivity (Wildman–Crippen MR) is 101 cm³/mol. The summed E-state index contributed by atoms with van der Waals surface area (Å²) in [6, 6.07) is 5.34. The van der Waals surface area contributed by atoms with Crippen molar-refractivity contribution in [1.82, 2.24) is 14.7 Å². The van der Waals surface area contributed by atoms with Crippen molar-refractivity contribution in [2.45, 2.75) is 26.1 Å². The quantitative estimate of drug-likeness (QED) is 0.759. The maximum Gasteiger partial charge on any atom is 0.434 e. The van der Waals surface area contributed by atoms with Gasteiger partial charge in [-0.1, -0.05) is 0 Å². The number of urea groups is 1. The minimum absolute atomic E-state index is 0.0579. The van der Waals surface area contributed by atoms with Crippen LogP contribution in [0.4, 0.5) is 23.7 Å². The van der Waals surface area contributed by atoms with Gasteiger partial charge in [0.2, 0.25) is 0 Å². The van der Waals surface area contributed by atoms with E-state index < -0.39 is 23.4 Å². The number of aromatic nitrogens is 2. The molecule has 11 heteroatoms. The molecular weight excluding hydrogens is 405 g/mol. The van der Waals surface area contributed by atoms with Crippen LogP contribution in [0.15, 0.2) is 30.5 Å². The van der Waals surface area contributed by atoms with E-state index in [0.717, 1.165) is 6.20 Å². The summed E-state index contributed by atoms with van der Waals surface area (Å²) in [5.74, 6) is -1.10. The van der Waals surface area contributed by atoms with Gasteiger partial charge in [0.05, 0.1) is 31.2 Å². The molecule has 0 saturated carbocycles. The lowest BCUT2D eigenvalue weighted by molar-refractivity contribution is -0.143. The van der Waals surface area contributed by atoms with Gasteiger partial charge in [-0.3, -0.25) is 0 Å². The largest absolute Gasteiger partial charge is 0.462 e. The summed E-state index contributed by atoms with van der Waals surface area (Å²) in [5, 5.41) is 6.42. The van der Waals surface area contributed by atoms with Crippen LogP contribution in [0.5, 0.6) is 0 Å². The zero-order valence-corrected chi connectivity index (χ0v) is 16.4. The number of halogens is 3. The van der Waals surface area contributed by atoms with E-state index in [4.69, 9.17) is 4.74 Å². The van der Waals surface area contributed by atoms with Gasteiger partial charge < -0.3 is 19.7 Å². The fraction of sp³-hybridized carbons (Fsp3) is 0.421. The summed E-state index contributed by atoms with van der Waals surface area (Å²) in [4.78, 5) is 25.8. The highest BCUT2D eigenvalue weighted by atomic mass is 19.4. The molecule has 2 heterocycles. The number of rotatable bonds is 4. The molecule has 1 aliphatic heterocycles. The first-order chi connectivity index (χ1) is 14.2. The van der Waals surface area contributed by atoms with Crippen LogP contribution in [0.1, 0.15) is 29.9 Å². The highest BCUT2D eigenvalue weighted by molar-refractivity contribution is 5.91. The number of nitrogens with zero attached hydrogens (tertiary/aromatic N) is 3. The number of ether oxygens (including phenoxy) is 2. The molecule has 0 spiro atoms. The molecule has 0 aliphatic carbocycles. The third kappa shape index (κ3) is 4.73. The minimum atomic E-state index is -4.82. The molecule has 0 unspecified atom stereocenters. The lowest BCUT2D eigenvalue weighted by Crippen LogP contribution is -2.46. The molecule has 1 aromatic carbocycles. The van der Waals surface area contributed by atoms with E-state index in [1.807, 2.05) is 6.92 Å². The van der Waals surface area contributed by atoms with Crippen molar-refractivity contribution in [3.63, 3.8) is 0 Å².